The van der Waals surface area contributed by atoms with Crippen LogP contribution in [0.5, 0.6) is 0 Å². The molecule has 0 saturated heterocycles. The van der Waals surface area contributed by atoms with Crippen LogP contribution in [0.2, 0.25) is 0 Å². The molecule has 0 aromatic heterocycles. The molecule has 2 aliphatic carbocycles. The topological polar surface area (TPSA) is 37.1 Å². The van der Waals surface area contributed by atoms with E-state index < -0.39 is 0 Å². The van der Waals surface area contributed by atoms with Gasteiger partial charge in [0.15, 0.2) is 0 Å². The second kappa shape index (κ2) is 2.31. The van der Waals surface area contributed by atoms with Gasteiger partial charge in [0.05, 0.1) is 17.1 Å². The van der Waals surface area contributed by atoms with Crippen molar-refractivity contribution in [2.24, 2.45) is 15.0 Å². The third kappa shape index (κ3) is 0.825. The Kier molecular flexibility index (Phi) is 1.12. The summed E-state index contributed by atoms with van der Waals surface area (Å²) in [5, 5.41) is 0. The van der Waals surface area contributed by atoms with Crippen molar-refractivity contribution >= 4 is 17.8 Å². The van der Waals surface area contributed by atoms with Crippen LogP contribution in [0.4, 0.5) is 0 Å². The van der Waals surface area contributed by atoms with E-state index in [0.29, 0.717) is 0 Å². The monoisotopic (exact) mass is 193 g/mol. The molecule has 0 aromatic rings. The van der Waals surface area contributed by atoms with Crippen LogP contribution in [-0.2, 0) is 0 Å². The lowest BCUT2D eigenvalue weighted by molar-refractivity contribution is 1.16. The van der Waals surface area contributed by atoms with Crippen LogP contribution in [0, 0.1) is 0 Å². The summed E-state index contributed by atoms with van der Waals surface area (Å²) >= 11 is 0. The summed E-state index contributed by atoms with van der Waals surface area (Å²) < 4.78 is 0. The Morgan fingerprint density at radius 3 is 3.13 bits per heavy atom. The highest BCUT2D eigenvalue weighted by atomic mass is 15.0. The maximum Gasteiger partial charge on any atom is 0.116 e. The summed E-state index contributed by atoms with van der Waals surface area (Å²) in [6, 6.07) is 0. The number of allylic oxidation sites excluding steroid dienone is 6. The van der Waals surface area contributed by atoms with Crippen LogP contribution in [0.1, 0.15) is 6.42 Å². The molecule has 15 heavy (non-hydrogen) atoms. The molecular formula is C12H7N3. The van der Waals surface area contributed by atoms with Crippen molar-refractivity contribution in [3.05, 3.63) is 46.8 Å². The smallest absolute Gasteiger partial charge is 0.116 e. The molecule has 0 amide bonds. The summed E-state index contributed by atoms with van der Waals surface area (Å²) in [4.78, 5) is 12.9. The van der Waals surface area contributed by atoms with Crippen LogP contribution in [-0.4, -0.2) is 17.8 Å². The van der Waals surface area contributed by atoms with Crippen molar-refractivity contribution in [1.82, 2.24) is 0 Å². The molecule has 0 saturated carbocycles. The maximum absolute atomic E-state index is 4.33. The number of fused-ring (bicyclic) bond motifs is 5. The van der Waals surface area contributed by atoms with Gasteiger partial charge in [-0.1, -0.05) is 0 Å². The molecule has 0 N–H and O–H groups in total. The molecule has 2 aliphatic heterocycles. The Morgan fingerprint density at radius 2 is 2.13 bits per heavy atom. The molecule has 2 bridgehead atoms. The number of hydrogen-bond acceptors (Lipinski definition) is 3. The zero-order valence-electron chi connectivity index (χ0n) is 7.94. The van der Waals surface area contributed by atoms with Gasteiger partial charge in [-0.05, 0) is 29.4 Å². The highest BCUT2D eigenvalue weighted by Gasteiger charge is 2.28. The van der Waals surface area contributed by atoms with Gasteiger partial charge in [0.1, 0.15) is 6.34 Å². The molecule has 3 heteroatoms. The third-order valence-corrected chi connectivity index (χ3v) is 3.01. The van der Waals surface area contributed by atoms with E-state index in [1.54, 1.807) is 6.34 Å². The van der Waals surface area contributed by atoms with E-state index >= 15 is 0 Å². The highest BCUT2D eigenvalue weighted by Crippen LogP contribution is 2.35. The van der Waals surface area contributed by atoms with Gasteiger partial charge < -0.3 is 0 Å². The number of rotatable bonds is 0. The first kappa shape index (κ1) is 7.29. The second-order valence-electron chi connectivity index (χ2n) is 3.87. The van der Waals surface area contributed by atoms with Gasteiger partial charge >= 0.3 is 0 Å². The number of aliphatic imine (C=N–C) groups is 3. The fourth-order valence-electron chi connectivity index (χ4n) is 2.33. The first-order valence-corrected chi connectivity index (χ1v) is 4.93. The molecule has 0 radical (unpaired) electrons. The van der Waals surface area contributed by atoms with Crippen LogP contribution in [0.3, 0.4) is 0 Å². The van der Waals surface area contributed by atoms with E-state index in [1.165, 1.54) is 16.7 Å². The summed E-state index contributed by atoms with van der Waals surface area (Å²) in [5.74, 6) is 0. The molecule has 4 rings (SSSR count). The molecule has 0 aromatic carbocycles. The fraction of sp³-hybridized carbons (Fsp3) is 0.0833. The van der Waals surface area contributed by atoms with E-state index in [9.17, 15) is 0 Å². The van der Waals surface area contributed by atoms with Gasteiger partial charge in [-0.3, -0.25) is 4.99 Å². The van der Waals surface area contributed by atoms with Crippen LogP contribution in [0.25, 0.3) is 0 Å². The average molecular weight is 193 g/mol. The first-order chi connectivity index (χ1) is 7.42. The molecule has 2 heterocycles. The van der Waals surface area contributed by atoms with Crippen LogP contribution in [0.15, 0.2) is 61.8 Å². The van der Waals surface area contributed by atoms with Gasteiger partial charge in [-0.15, -0.1) is 0 Å². The Morgan fingerprint density at radius 1 is 1.13 bits per heavy atom. The lowest BCUT2D eigenvalue weighted by Gasteiger charge is -2.21. The summed E-state index contributed by atoms with van der Waals surface area (Å²) in [7, 11) is 0. The van der Waals surface area contributed by atoms with Gasteiger partial charge in [-0.25, -0.2) is 9.98 Å². The molecule has 0 atom stereocenters. The Balaban J connectivity index is 2.06. The average Bonchev–Trinajstić information content (AvgIpc) is 2.84. The normalized spacial score (nSPS) is 24.5. The third-order valence-electron chi connectivity index (χ3n) is 3.01. The number of hydrogen-bond donors (Lipinski definition) is 0. The van der Waals surface area contributed by atoms with Gasteiger partial charge in [0.2, 0.25) is 0 Å². The van der Waals surface area contributed by atoms with Gasteiger partial charge in [0.25, 0.3) is 0 Å². The van der Waals surface area contributed by atoms with E-state index in [0.717, 1.165) is 23.5 Å². The van der Waals surface area contributed by atoms with Crippen molar-refractivity contribution in [3.63, 3.8) is 0 Å². The molecule has 3 nitrogen and oxygen atoms in total. The predicted molar refractivity (Wildman–Crippen MR) is 60.3 cm³/mol. The minimum atomic E-state index is 0.963. The minimum absolute atomic E-state index is 0.963. The maximum atomic E-state index is 4.33. The largest absolute Gasteiger partial charge is 0.256 e. The summed E-state index contributed by atoms with van der Waals surface area (Å²) in [5.41, 5.74) is 6.88. The molecule has 0 spiro atoms. The molecule has 70 valence electrons. The zero-order valence-corrected chi connectivity index (χ0v) is 7.94. The van der Waals surface area contributed by atoms with E-state index in [4.69, 9.17) is 0 Å². The fourth-order valence-corrected chi connectivity index (χ4v) is 2.33. The van der Waals surface area contributed by atoms with Crippen molar-refractivity contribution in [3.8, 4) is 0 Å². The predicted octanol–water partition coefficient (Wildman–Crippen LogP) is 1.96. The lowest BCUT2D eigenvalue weighted by atomic mass is 9.83. The van der Waals surface area contributed by atoms with E-state index in [-0.39, 0.29) is 0 Å². The molecule has 4 aliphatic rings. The summed E-state index contributed by atoms with van der Waals surface area (Å²) in [6.07, 6.45) is 10.8. The standard InChI is InChI=1S/C12H7N3/c1-2-13-10-5-8-3-7(9(1)10)4-11-12(8)15-6-14-11/h1-2,4-6H,3H2. The summed E-state index contributed by atoms with van der Waals surface area (Å²) in [6.45, 7) is 0. The van der Waals surface area contributed by atoms with Crippen molar-refractivity contribution < 1.29 is 0 Å². The minimum Gasteiger partial charge on any atom is -0.256 e. The van der Waals surface area contributed by atoms with E-state index in [1.807, 2.05) is 6.20 Å². The van der Waals surface area contributed by atoms with Crippen molar-refractivity contribution in [2.45, 2.75) is 6.42 Å². The Labute approximate surface area is 86.7 Å². The molecule has 0 unspecified atom stereocenters. The molecular weight excluding hydrogens is 186 g/mol. The Hall–Kier alpha value is -2.03. The van der Waals surface area contributed by atoms with Crippen molar-refractivity contribution in [2.75, 3.05) is 0 Å². The van der Waals surface area contributed by atoms with Gasteiger partial charge in [-0.2, -0.15) is 0 Å². The van der Waals surface area contributed by atoms with E-state index in [2.05, 4.69) is 33.2 Å². The highest BCUT2D eigenvalue weighted by molar-refractivity contribution is 6.26. The SMILES string of the molecule is C1=CC2=C3C=C4N=CN=C4C(=CC2=N1)C3. The number of nitrogens with zero attached hydrogens (tertiary/aromatic N) is 3. The van der Waals surface area contributed by atoms with Crippen molar-refractivity contribution in [1.29, 1.82) is 0 Å². The first-order valence-electron chi connectivity index (χ1n) is 4.93. The quantitative estimate of drug-likeness (QED) is 0.564. The Bertz CT molecular complexity index is 592. The lowest BCUT2D eigenvalue weighted by Crippen LogP contribution is -2.17. The molecule has 0 fully saturated rings. The second-order valence-corrected chi connectivity index (χ2v) is 3.87. The van der Waals surface area contributed by atoms with Crippen LogP contribution < -0.4 is 0 Å². The van der Waals surface area contributed by atoms with Gasteiger partial charge in [0, 0.05) is 18.2 Å². The van der Waals surface area contributed by atoms with Crippen LogP contribution >= 0.6 is 0 Å². The zero-order chi connectivity index (χ0) is 9.83.